The first-order valence-electron chi connectivity index (χ1n) is 6.10. The van der Waals surface area contributed by atoms with Gasteiger partial charge in [0.1, 0.15) is 24.4 Å². The van der Waals surface area contributed by atoms with E-state index >= 15 is 0 Å². The van der Waals surface area contributed by atoms with Gasteiger partial charge >= 0.3 is 0 Å². The highest BCUT2D eigenvalue weighted by molar-refractivity contribution is 4.92. The molecule has 1 aliphatic rings. The molecule has 0 aromatic rings. The SMILES string of the molecule is OCCCC(O)C[C@@H]1O[C@H](CO)[C@H](O)[C@H](O)[C@H]1O. The molecular formula is C11H22O7. The molecule has 1 unspecified atom stereocenters. The van der Waals surface area contributed by atoms with Gasteiger partial charge in [-0.1, -0.05) is 0 Å². The molecule has 7 heteroatoms. The molecule has 6 N–H and O–H groups in total. The molecule has 1 heterocycles. The zero-order valence-electron chi connectivity index (χ0n) is 10.1. The molecule has 0 aromatic carbocycles. The van der Waals surface area contributed by atoms with Gasteiger partial charge in [-0.05, 0) is 12.8 Å². The smallest absolute Gasteiger partial charge is 0.111 e. The third kappa shape index (κ3) is 3.86. The Morgan fingerprint density at radius 3 is 2.11 bits per heavy atom. The van der Waals surface area contributed by atoms with E-state index in [0.717, 1.165) is 0 Å². The third-order valence-corrected chi connectivity index (χ3v) is 3.19. The molecule has 0 spiro atoms. The Morgan fingerprint density at radius 1 is 0.944 bits per heavy atom. The normalized spacial score (nSPS) is 38.7. The van der Waals surface area contributed by atoms with Crippen molar-refractivity contribution >= 4 is 0 Å². The summed E-state index contributed by atoms with van der Waals surface area (Å²) in [5.41, 5.74) is 0. The van der Waals surface area contributed by atoms with E-state index in [1.54, 1.807) is 0 Å². The van der Waals surface area contributed by atoms with Crippen LogP contribution in [0.15, 0.2) is 0 Å². The molecule has 0 aliphatic carbocycles. The third-order valence-electron chi connectivity index (χ3n) is 3.19. The van der Waals surface area contributed by atoms with Crippen LogP contribution in [0.1, 0.15) is 19.3 Å². The standard InChI is InChI=1S/C11H22O7/c12-3-1-2-6(14)4-7-9(15)11(17)10(16)8(5-13)18-7/h6-17H,1-5H2/t6?,7-,8+,9-,10-,11+/m0/s1. The Labute approximate surface area is 105 Å². The Balaban J connectivity index is 2.53. The lowest BCUT2D eigenvalue weighted by molar-refractivity contribution is -0.234. The van der Waals surface area contributed by atoms with Crippen LogP contribution in [0.3, 0.4) is 0 Å². The van der Waals surface area contributed by atoms with Crippen molar-refractivity contribution in [2.75, 3.05) is 13.2 Å². The quantitative estimate of drug-likeness (QED) is 0.309. The fraction of sp³-hybridized carbons (Fsp3) is 1.00. The molecule has 6 atom stereocenters. The monoisotopic (exact) mass is 266 g/mol. The van der Waals surface area contributed by atoms with E-state index in [-0.39, 0.29) is 13.0 Å². The second-order valence-corrected chi connectivity index (χ2v) is 4.62. The minimum atomic E-state index is -1.41. The van der Waals surface area contributed by atoms with Crippen molar-refractivity contribution in [3.8, 4) is 0 Å². The van der Waals surface area contributed by atoms with E-state index in [9.17, 15) is 20.4 Å². The number of rotatable bonds is 6. The van der Waals surface area contributed by atoms with Crippen LogP contribution in [0.2, 0.25) is 0 Å². The predicted molar refractivity (Wildman–Crippen MR) is 60.7 cm³/mol. The maximum absolute atomic E-state index is 9.72. The molecular weight excluding hydrogens is 244 g/mol. The topological polar surface area (TPSA) is 131 Å². The van der Waals surface area contributed by atoms with Crippen LogP contribution in [0, 0.1) is 0 Å². The second kappa shape index (κ2) is 7.34. The van der Waals surface area contributed by atoms with Crippen molar-refractivity contribution in [3.05, 3.63) is 0 Å². The lowest BCUT2D eigenvalue weighted by Gasteiger charge is -2.40. The maximum atomic E-state index is 9.72. The summed E-state index contributed by atoms with van der Waals surface area (Å²) in [6.45, 7) is -0.514. The summed E-state index contributed by atoms with van der Waals surface area (Å²) in [6.07, 6.45) is -5.83. The molecule has 1 rings (SSSR count). The summed E-state index contributed by atoms with van der Waals surface area (Å²) >= 11 is 0. The van der Waals surface area contributed by atoms with Gasteiger partial charge in [-0.3, -0.25) is 0 Å². The van der Waals surface area contributed by atoms with Crippen molar-refractivity contribution in [3.63, 3.8) is 0 Å². The van der Waals surface area contributed by atoms with Gasteiger partial charge in [0, 0.05) is 13.0 Å². The summed E-state index contributed by atoms with van der Waals surface area (Å²) in [5, 5.41) is 56.1. The van der Waals surface area contributed by atoms with E-state index in [2.05, 4.69) is 0 Å². The van der Waals surface area contributed by atoms with Crippen molar-refractivity contribution < 1.29 is 35.4 Å². The first-order valence-corrected chi connectivity index (χ1v) is 6.10. The minimum Gasteiger partial charge on any atom is -0.396 e. The molecule has 0 bridgehead atoms. The van der Waals surface area contributed by atoms with Gasteiger partial charge in [0.25, 0.3) is 0 Å². The number of aliphatic hydroxyl groups is 6. The van der Waals surface area contributed by atoms with E-state index in [4.69, 9.17) is 14.9 Å². The molecule has 1 saturated heterocycles. The van der Waals surface area contributed by atoms with Crippen LogP contribution in [-0.4, -0.2) is 80.5 Å². The number of hydrogen-bond acceptors (Lipinski definition) is 7. The van der Waals surface area contributed by atoms with Crippen LogP contribution in [0.5, 0.6) is 0 Å². The van der Waals surface area contributed by atoms with Gasteiger partial charge in [-0.2, -0.15) is 0 Å². The molecule has 0 saturated carbocycles. The fourth-order valence-corrected chi connectivity index (χ4v) is 2.09. The Morgan fingerprint density at radius 2 is 1.56 bits per heavy atom. The molecule has 0 aromatic heterocycles. The first-order chi connectivity index (χ1) is 8.51. The van der Waals surface area contributed by atoms with Crippen LogP contribution in [0.4, 0.5) is 0 Å². The molecule has 0 amide bonds. The van der Waals surface area contributed by atoms with E-state index in [1.807, 2.05) is 0 Å². The van der Waals surface area contributed by atoms with Crippen molar-refractivity contribution in [1.29, 1.82) is 0 Å². The van der Waals surface area contributed by atoms with Crippen LogP contribution in [0.25, 0.3) is 0 Å². The van der Waals surface area contributed by atoms with Crippen molar-refractivity contribution in [2.24, 2.45) is 0 Å². The van der Waals surface area contributed by atoms with Gasteiger partial charge in [-0.25, -0.2) is 0 Å². The molecule has 108 valence electrons. The van der Waals surface area contributed by atoms with Crippen molar-refractivity contribution in [2.45, 2.75) is 55.9 Å². The van der Waals surface area contributed by atoms with Crippen LogP contribution in [-0.2, 0) is 4.74 Å². The number of ether oxygens (including phenoxy) is 1. The summed E-state index contributed by atoms with van der Waals surface area (Å²) < 4.78 is 5.25. The lowest BCUT2D eigenvalue weighted by Crippen LogP contribution is -2.59. The Hall–Kier alpha value is -0.280. The highest BCUT2D eigenvalue weighted by atomic mass is 16.5. The molecule has 0 radical (unpaired) electrons. The fourth-order valence-electron chi connectivity index (χ4n) is 2.09. The molecule has 7 nitrogen and oxygen atoms in total. The summed E-state index contributed by atoms with van der Waals surface area (Å²) in [6, 6.07) is 0. The highest BCUT2D eigenvalue weighted by Crippen LogP contribution is 2.24. The van der Waals surface area contributed by atoms with Crippen molar-refractivity contribution in [1.82, 2.24) is 0 Å². The minimum absolute atomic E-state index is 0.0360. The largest absolute Gasteiger partial charge is 0.396 e. The molecule has 18 heavy (non-hydrogen) atoms. The number of hydrogen-bond donors (Lipinski definition) is 6. The summed E-state index contributed by atoms with van der Waals surface area (Å²) in [7, 11) is 0. The van der Waals surface area contributed by atoms with Gasteiger partial charge < -0.3 is 35.4 Å². The zero-order valence-corrected chi connectivity index (χ0v) is 10.1. The second-order valence-electron chi connectivity index (χ2n) is 4.62. The number of aliphatic hydroxyl groups excluding tert-OH is 6. The summed E-state index contributed by atoms with van der Waals surface area (Å²) in [5.74, 6) is 0. The Kier molecular flexibility index (Phi) is 6.44. The first kappa shape index (κ1) is 15.8. The van der Waals surface area contributed by atoms with Crippen LogP contribution < -0.4 is 0 Å². The Bertz CT molecular complexity index is 235. The van der Waals surface area contributed by atoms with Gasteiger partial charge in [0.15, 0.2) is 0 Å². The van der Waals surface area contributed by atoms with E-state index < -0.39 is 43.2 Å². The van der Waals surface area contributed by atoms with Gasteiger partial charge in [-0.15, -0.1) is 0 Å². The van der Waals surface area contributed by atoms with Gasteiger partial charge in [0.2, 0.25) is 0 Å². The zero-order chi connectivity index (χ0) is 13.7. The average molecular weight is 266 g/mol. The predicted octanol–water partition coefficient (Wildman–Crippen LogP) is -2.65. The highest BCUT2D eigenvalue weighted by Gasteiger charge is 2.43. The lowest BCUT2D eigenvalue weighted by atomic mass is 9.91. The van der Waals surface area contributed by atoms with Gasteiger partial charge in [0.05, 0.1) is 18.8 Å². The molecule has 1 aliphatic heterocycles. The molecule has 1 fully saturated rings. The maximum Gasteiger partial charge on any atom is 0.111 e. The summed E-state index contributed by atoms with van der Waals surface area (Å²) in [4.78, 5) is 0. The van der Waals surface area contributed by atoms with Crippen LogP contribution >= 0.6 is 0 Å². The average Bonchev–Trinajstić information content (AvgIpc) is 2.37. The van der Waals surface area contributed by atoms with E-state index in [0.29, 0.717) is 12.8 Å². The van der Waals surface area contributed by atoms with E-state index in [1.165, 1.54) is 0 Å².